The Balaban J connectivity index is 2.70. The second-order valence-corrected chi connectivity index (χ2v) is 4.62. The smallest absolute Gasteiger partial charge is 0.0489 e. The molecule has 0 fully saturated rings. The lowest BCUT2D eigenvalue weighted by atomic mass is 9.99. The van der Waals surface area contributed by atoms with Crippen LogP contribution in [0.2, 0.25) is 0 Å². The Bertz CT molecular complexity index is 507. The zero-order valence-electron chi connectivity index (χ0n) is 11.2. The zero-order valence-corrected chi connectivity index (χ0v) is 11.2. The van der Waals surface area contributed by atoms with Crippen LogP contribution in [0.25, 0.3) is 10.9 Å². The summed E-state index contributed by atoms with van der Waals surface area (Å²) in [7, 11) is 2.04. The number of aryl methyl sites for hydroxylation is 2. The summed E-state index contributed by atoms with van der Waals surface area (Å²) >= 11 is 0. The van der Waals surface area contributed by atoms with Crippen molar-refractivity contribution in [3.05, 3.63) is 35.0 Å². The lowest BCUT2D eigenvalue weighted by molar-refractivity contribution is 0.575. The number of benzene rings is 1. The minimum atomic E-state index is 0.445. The van der Waals surface area contributed by atoms with Gasteiger partial charge in [-0.2, -0.15) is 0 Å². The fraction of sp³-hybridized carbons (Fsp3) is 0.467. The van der Waals surface area contributed by atoms with Crippen molar-refractivity contribution in [1.29, 1.82) is 0 Å². The van der Waals surface area contributed by atoms with Gasteiger partial charge in [-0.1, -0.05) is 32.0 Å². The number of fused-ring (bicyclic) bond motifs is 1. The normalized spacial score (nSPS) is 13.2. The van der Waals surface area contributed by atoms with E-state index >= 15 is 0 Å². The van der Waals surface area contributed by atoms with Gasteiger partial charge < -0.3 is 10.3 Å². The highest BCUT2D eigenvalue weighted by molar-refractivity contribution is 5.87. The molecule has 17 heavy (non-hydrogen) atoms. The average Bonchev–Trinajstić information content (AvgIpc) is 2.72. The quantitative estimate of drug-likeness (QED) is 0.823. The van der Waals surface area contributed by atoms with E-state index < -0.39 is 0 Å². The van der Waals surface area contributed by atoms with Crippen LogP contribution in [-0.2, 0) is 6.42 Å². The van der Waals surface area contributed by atoms with E-state index in [0.29, 0.717) is 6.04 Å². The molecular formula is C15H22N2. The number of aromatic amines is 1. The van der Waals surface area contributed by atoms with Crippen molar-refractivity contribution in [2.45, 2.75) is 39.7 Å². The van der Waals surface area contributed by atoms with Crippen molar-refractivity contribution >= 4 is 10.9 Å². The van der Waals surface area contributed by atoms with Gasteiger partial charge in [0.05, 0.1) is 0 Å². The predicted molar refractivity (Wildman–Crippen MR) is 74.5 cm³/mol. The van der Waals surface area contributed by atoms with Crippen molar-refractivity contribution in [3.8, 4) is 0 Å². The van der Waals surface area contributed by atoms with Crippen LogP contribution in [0.15, 0.2) is 18.2 Å². The van der Waals surface area contributed by atoms with E-state index in [1.54, 1.807) is 0 Å². The van der Waals surface area contributed by atoms with Gasteiger partial charge >= 0.3 is 0 Å². The molecule has 0 saturated heterocycles. The summed E-state index contributed by atoms with van der Waals surface area (Å²) in [6.07, 6.45) is 2.17. The second kappa shape index (κ2) is 4.92. The van der Waals surface area contributed by atoms with Crippen molar-refractivity contribution in [3.63, 3.8) is 0 Å². The summed E-state index contributed by atoms with van der Waals surface area (Å²) in [6.45, 7) is 6.61. The second-order valence-electron chi connectivity index (χ2n) is 4.62. The maximum absolute atomic E-state index is 3.59. The molecule has 0 aliphatic carbocycles. The van der Waals surface area contributed by atoms with Crippen LogP contribution in [0.4, 0.5) is 0 Å². The molecule has 2 N–H and O–H groups in total. The summed E-state index contributed by atoms with van der Waals surface area (Å²) in [5, 5.41) is 4.80. The van der Waals surface area contributed by atoms with Crippen LogP contribution in [0.1, 0.15) is 43.1 Å². The standard InChI is InChI=1S/C15H22N2/c1-5-12(16-4)14-11-9-7-8-10(3)15(11)17-13(14)6-2/h7-9,12,16-17H,5-6H2,1-4H3. The van der Waals surface area contributed by atoms with E-state index in [2.05, 4.69) is 49.3 Å². The molecule has 1 aromatic carbocycles. The number of aromatic nitrogens is 1. The molecule has 0 saturated carbocycles. The molecule has 2 nitrogen and oxygen atoms in total. The Hall–Kier alpha value is -1.28. The van der Waals surface area contributed by atoms with Gasteiger partial charge in [-0.05, 0) is 37.9 Å². The minimum absolute atomic E-state index is 0.445. The SMILES string of the molecule is CCc1[nH]c2c(C)cccc2c1C(CC)NC. The van der Waals surface area contributed by atoms with Gasteiger partial charge in [0, 0.05) is 22.6 Å². The lowest BCUT2D eigenvalue weighted by Crippen LogP contribution is -2.16. The predicted octanol–water partition coefficient (Wildman–Crippen LogP) is 3.71. The summed E-state index contributed by atoms with van der Waals surface area (Å²) in [6, 6.07) is 6.99. The maximum Gasteiger partial charge on any atom is 0.0489 e. The molecule has 2 rings (SSSR count). The van der Waals surface area contributed by atoms with Crippen molar-refractivity contribution in [2.24, 2.45) is 0 Å². The lowest BCUT2D eigenvalue weighted by Gasteiger charge is -2.15. The minimum Gasteiger partial charge on any atom is -0.358 e. The molecule has 0 bridgehead atoms. The monoisotopic (exact) mass is 230 g/mol. The van der Waals surface area contributed by atoms with E-state index in [4.69, 9.17) is 0 Å². The molecule has 0 spiro atoms. The van der Waals surface area contributed by atoms with E-state index in [0.717, 1.165) is 12.8 Å². The molecule has 1 heterocycles. The van der Waals surface area contributed by atoms with Crippen molar-refractivity contribution in [1.82, 2.24) is 10.3 Å². The van der Waals surface area contributed by atoms with E-state index in [1.807, 2.05) is 7.05 Å². The van der Waals surface area contributed by atoms with Gasteiger partial charge in [0.1, 0.15) is 0 Å². The first kappa shape index (κ1) is 12.2. The first-order chi connectivity index (χ1) is 8.22. The Morgan fingerprint density at radius 2 is 2.06 bits per heavy atom. The van der Waals surface area contributed by atoms with Crippen LogP contribution < -0.4 is 5.32 Å². The van der Waals surface area contributed by atoms with E-state index in [-0.39, 0.29) is 0 Å². The largest absolute Gasteiger partial charge is 0.358 e. The fourth-order valence-corrected chi connectivity index (χ4v) is 2.67. The Kier molecular flexibility index (Phi) is 3.53. The number of para-hydroxylation sites is 1. The van der Waals surface area contributed by atoms with Crippen molar-refractivity contribution < 1.29 is 0 Å². The van der Waals surface area contributed by atoms with Crippen molar-refractivity contribution in [2.75, 3.05) is 7.05 Å². The molecule has 0 radical (unpaired) electrons. The first-order valence-electron chi connectivity index (χ1n) is 6.50. The van der Waals surface area contributed by atoms with E-state index in [9.17, 15) is 0 Å². The highest BCUT2D eigenvalue weighted by atomic mass is 14.9. The molecule has 0 aliphatic rings. The highest BCUT2D eigenvalue weighted by Gasteiger charge is 2.17. The zero-order chi connectivity index (χ0) is 12.4. The van der Waals surface area contributed by atoms with Gasteiger partial charge in [0.25, 0.3) is 0 Å². The molecule has 2 heteroatoms. The van der Waals surface area contributed by atoms with E-state index in [1.165, 1.54) is 27.7 Å². The Morgan fingerprint density at radius 3 is 2.65 bits per heavy atom. The summed E-state index contributed by atoms with van der Waals surface area (Å²) < 4.78 is 0. The molecule has 1 atom stereocenters. The van der Waals surface area contributed by atoms with Gasteiger partial charge in [-0.25, -0.2) is 0 Å². The van der Waals surface area contributed by atoms with Gasteiger partial charge in [-0.3, -0.25) is 0 Å². The number of nitrogens with one attached hydrogen (secondary N) is 2. The first-order valence-corrected chi connectivity index (χ1v) is 6.50. The topological polar surface area (TPSA) is 27.8 Å². The fourth-order valence-electron chi connectivity index (χ4n) is 2.67. The molecule has 0 aliphatic heterocycles. The van der Waals surface area contributed by atoms with Crippen LogP contribution in [-0.4, -0.2) is 12.0 Å². The summed E-state index contributed by atoms with van der Waals surface area (Å²) in [5.74, 6) is 0. The molecule has 0 amide bonds. The van der Waals surface area contributed by atoms with Crippen LogP contribution in [0, 0.1) is 6.92 Å². The third-order valence-electron chi connectivity index (χ3n) is 3.62. The Labute approximate surface area is 103 Å². The van der Waals surface area contributed by atoms with Gasteiger partial charge in [0.2, 0.25) is 0 Å². The number of hydrogen-bond acceptors (Lipinski definition) is 1. The van der Waals surface area contributed by atoms with Crippen LogP contribution >= 0.6 is 0 Å². The molecule has 1 aromatic heterocycles. The number of rotatable bonds is 4. The number of hydrogen-bond donors (Lipinski definition) is 2. The Morgan fingerprint density at radius 1 is 1.29 bits per heavy atom. The average molecular weight is 230 g/mol. The third-order valence-corrected chi connectivity index (χ3v) is 3.62. The third kappa shape index (κ3) is 1.98. The summed E-state index contributed by atoms with van der Waals surface area (Å²) in [4.78, 5) is 3.59. The van der Waals surface area contributed by atoms with Crippen LogP contribution in [0.5, 0.6) is 0 Å². The van der Waals surface area contributed by atoms with Gasteiger partial charge in [0.15, 0.2) is 0 Å². The summed E-state index contributed by atoms with van der Waals surface area (Å²) in [5.41, 5.74) is 5.45. The van der Waals surface area contributed by atoms with Gasteiger partial charge in [-0.15, -0.1) is 0 Å². The molecule has 2 aromatic rings. The number of H-pyrrole nitrogens is 1. The molecular weight excluding hydrogens is 208 g/mol. The van der Waals surface area contributed by atoms with Crippen LogP contribution in [0.3, 0.4) is 0 Å². The molecule has 1 unspecified atom stereocenters. The molecule has 92 valence electrons. The maximum atomic E-state index is 3.59. The highest BCUT2D eigenvalue weighted by Crippen LogP contribution is 2.31.